The molecule has 1 aliphatic rings. The third-order valence-electron chi connectivity index (χ3n) is 1.66. The fourth-order valence-corrected chi connectivity index (χ4v) is 0.980. The van der Waals surface area contributed by atoms with E-state index in [1.54, 1.807) is 0 Å². The Balaban J connectivity index is 3.03. The fourth-order valence-electron chi connectivity index (χ4n) is 0.980. The van der Waals surface area contributed by atoms with Crippen molar-refractivity contribution in [2.75, 3.05) is 7.05 Å². The van der Waals surface area contributed by atoms with Crippen molar-refractivity contribution in [2.45, 2.75) is 20.8 Å². The van der Waals surface area contributed by atoms with E-state index in [4.69, 9.17) is 0 Å². The highest BCUT2D eigenvalue weighted by atomic mass is 16.2. The SMILES string of the molecule is CN1N=C(C(C)(C)C)C(=O)C1=O. The quantitative estimate of drug-likeness (QED) is 0.492. The molecule has 1 heterocycles. The summed E-state index contributed by atoms with van der Waals surface area (Å²) in [4.78, 5) is 22.3. The van der Waals surface area contributed by atoms with Gasteiger partial charge in [0.15, 0.2) is 0 Å². The normalized spacial score (nSPS) is 18.7. The Morgan fingerprint density at radius 2 is 1.75 bits per heavy atom. The van der Waals surface area contributed by atoms with Gasteiger partial charge in [0.2, 0.25) is 0 Å². The second-order valence-corrected chi connectivity index (χ2v) is 3.86. The van der Waals surface area contributed by atoms with Gasteiger partial charge in [-0.05, 0) is 0 Å². The Kier molecular flexibility index (Phi) is 1.78. The number of hydrogen-bond donors (Lipinski definition) is 0. The third-order valence-corrected chi connectivity index (χ3v) is 1.66. The van der Waals surface area contributed by atoms with Crippen LogP contribution in [0.4, 0.5) is 0 Å². The molecule has 0 aliphatic carbocycles. The van der Waals surface area contributed by atoms with Crippen LogP contribution >= 0.6 is 0 Å². The average molecular weight is 168 g/mol. The molecule has 0 bridgehead atoms. The van der Waals surface area contributed by atoms with E-state index >= 15 is 0 Å². The van der Waals surface area contributed by atoms with Crippen LogP contribution in [0.25, 0.3) is 0 Å². The van der Waals surface area contributed by atoms with Crippen LogP contribution in [0.1, 0.15) is 20.8 Å². The molecule has 1 rings (SSSR count). The molecule has 0 saturated carbocycles. The van der Waals surface area contributed by atoms with Gasteiger partial charge in [0.05, 0.1) is 0 Å². The van der Waals surface area contributed by atoms with E-state index in [9.17, 15) is 9.59 Å². The number of amides is 1. The maximum Gasteiger partial charge on any atom is 0.316 e. The lowest BCUT2D eigenvalue weighted by atomic mass is 9.88. The molecule has 66 valence electrons. The van der Waals surface area contributed by atoms with Crippen molar-refractivity contribution in [2.24, 2.45) is 10.5 Å². The second kappa shape index (κ2) is 2.40. The maximum atomic E-state index is 11.2. The number of Topliss-reactive ketones (excluding diaryl/α,β-unsaturated/α-hetero) is 1. The van der Waals surface area contributed by atoms with Gasteiger partial charge in [-0.1, -0.05) is 20.8 Å². The molecule has 0 aromatic carbocycles. The minimum Gasteiger partial charge on any atom is -0.282 e. The molecule has 1 amide bonds. The minimum atomic E-state index is -0.542. The van der Waals surface area contributed by atoms with Crippen LogP contribution < -0.4 is 0 Å². The minimum absolute atomic E-state index is 0.343. The monoisotopic (exact) mass is 168 g/mol. The van der Waals surface area contributed by atoms with E-state index in [1.807, 2.05) is 20.8 Å². The zero-order chi connectivity index (χ0) is 9.52. The molecule has 1 aliphatic heterocycles. The number of ketones is 1. The number of hydrogen-bond acceptors (Lipinski definition) is 3. The molecule has 0 spiro atoms. The maximum absolute atomic E-state index is 11.2. The summed E-state index contributed by atoms with van der Waals surface area (Å²) in [5.74, 6) is -1.02. The molecule has 4 heteroatoms. The van der Waals surface area contributed by atoms with Crippen LogP contribution in [0.5, 0.6) is 0 Å². The van der Waals surface area contributed by atoms with E-state index in [-0.39, 0.29) is 5.41 Å². The Morgan fingerprint density at radius 1 is 1.25 bits per heavy atom. The number of carbonyl (C=O) groups is 2. The highest BCUT2D eigenvalue weighted by Crippen LogP contribution is 2.21. The first-order valence-electron chi connectivity index (χ1n) is 3.75. The van der Waals surface area contributed by atoms with Gasteiger partial charge in [0.25, 0.3) is 5.78 Å². The Morgan fingerprint density at radius 3 is 1.92 bits per heavy atom. The van der Waals surface area contributed by atoms with Gasteiger partial charge in [0, 0.05) is 12.5 Å². The predicted octanol–water partition coefficient (Wildman–Crippen LogP) is 0.430. The summed E-state index contributed by atoms with van der Waals surface area (Å²) in [5.41, 5.74) is -0.00711. The van der Waals surface area contributed by atoms with Crippen molar-refractivity contribution in [1.82, 2.24) is 5.01 Å². The van der Waals surface area contributed by atoms with E-state index in [0.717, 1.165) is 5.01 Å². The summed E-state index contributed by atoms with van der Waals surface area (Å²) in [7, 11) is 1.49. The first kappa shape index (κ1) is 8.90. The molecule has 0 aromatic rings. The van der Waals surface area contributed by atoms with Gasteiger partial charge >= 0.3 is 5.91 Å². The number of rotatable bonds is 0. The summed E-state index contributed by atoms with van der Waals surface area (Å²) < 4.78 is 0. The number of hydrazone groups is 1. The summed E-state index contributed by atoms with van der Waals surface area (Å²) in [5, 5.41) is 4.96. The fraction of sp³-hybridized carbons (Fsp3) is 0.625. The van der Waals surface area contributed by atoms with Crippen LogP contribution in [-0.4, -0.2) is 29.5 Å². The Hall–Kier alpha value is -1.19. The molecule has 0 atom stereocenters. The van der Waals surface area contributed by atoms with Gasteiger partial charge in [-0.25, -0.2) is 5.01 Å². The lowest BCUT2D eigenvalue weighted by molar-refractivity contribution is -0.138. The molecule has 0 saturated heterocycles. The van der Waals surface area contributed by atoms with Crippen LogP contribution in [0, 0.1) is 5.41 Å². The molecule has 0 fully saturated rings. The van der Waals surface area contributed by atoms with Crippen molar-refractivity contribution in [3.63, 3.8) is 0 Å². The van der Waals surface area contributed by atoms with Gasteiger partial charge in [-0.15, -0.1) is 0 Å². The van der Waals surface area contributed by atoms with Crippen molar-refractivity contribution in [1.29, 1.82) is 0 Å². The number of likely N-dealkylation sites (N-methyl/N-ethyl adjacent to an activating group) is 1. The van der Waals surface area contributed by atoms with Crippen molar-refractivity contribution >= 4 is 17.4 Å². The average Bonchev–Trinajstić information content (AvgIpc) is 2.15. The molecular formula is C8H12N2O2. The molecule has 0 aromatic heterocycles. The van der Waals surface area contributed by atoms with Gasteiger partial charge < -0.3 is 0 Å². The Bertz CT molecular complexity index is 273. The second-order valence-electron chi connectivity index (χ2n) is 3.86. The highest BCUT2D eigenvalue weighted by Gasteiger charge is 2.38. The van der Waals surface area contributed by atoms with Crippen molar-refractivity contribution in [3.05, 3.63) is 0 Å². The summed E-state index contributed by atoms with van der Waals surface area (Å²) in [6, 6.07) is 0. The van der Waals surface area contributed by atoms with E-state index in [1.165, 1.54) is 7.05 Å². The first-order chi connectivity index (χ1) is 5.34. The lowest BCUT2D eigenvalue weighted by Crippen LogP contribution is -2.30. The first-order valence-corrected chi connectivity index (χ1v) is 3.75. The van der Waals surface area contributed by atoms with Crippen molar-refractivity contribution < 1.29 is 9.59 Å². The van der Waals surface area contributed by atoms with E-state index in [2.05, 4.69) is 5.10 Å². The smallest absolute Gasteiger partial charge is 0.282 e. The molecular weight excluding hydrogens is 156 g/mol. The van der Waals surface area contributed by atoms with Crippen LogP contribution in [0.2, 0.25) is 0 Å². The standard InChI is InChI=1S/C8H12N2O2/c1-8(2,3)6-5(11)7(12)10(4)9-6/h1-4H3. The zero-order valence-corrected chi connectivity index (χ0v) is 7.71. The highest BCUT2D eigenvalue weighted by molar-refractivity contribution is 6.67. The lowest BCUT2D eigenvalue weighted by Gasteiger charge is -2.14. The Labute approximate surface area is 71.2 Å². The van der Waals surface area contributed by atoms with E-state index < -0.39 is 11.7 Å². The van der Waals surface area contributed by atoms with Gasteiger partial charge in [-0.2, -0.15) is 5.10 Å². The van der Waals surface area contributed by atoms with Crippen LogP contribution in [0.15, 0.2) is 5.10 Å². The summed E-state index contributed by atoms with van der Waals surface area (Å²) >= 11 is 0. The molecule has 0 unspecified atom stereocenters. The third kappa shape index (κ3) is 1.24. The predicted molar refractivity (Wildman–Crippen MR) is 44.7 cm³/mol. The molecule has 12 heavy (non-hydrogen) atoms. The number of nitrogens with zero attached hydrogens (tertiary/aromatic N) is 2. The molecule has 4 nitrogen and oxygen atoms in total. The topological polar surface area (TPSA) is 49.7 Å². The van der Waals surface area contributed by atoms with Gasteiger partial charge in [0.1, 0.15) is 5.71 Å². The summed E-state index contributed by atoms with van der Waals surface area (Å²) in [6.45, 7) is 5.57. The van der Waals surface area contributed by atoms with Crippen LogP contribution in [0.3, 0.4) is 0 Å². The number of carbonyl (C=O) groups excluding carboxylic acids is 2. The summed E-state index contributed by atoms with van der Waals surface area (Å²) in [6.07, 6.45) is 0. The van der Waals surface area contributed by atoms with Crippen molar-refractivity contribution in [3.8, 4) is 0 Å². The molecule has 0 radical (unpaired) electrons. The largest absolute Gasteiger partial charge is 0.316 e. The zero-order valence-electron chi connectivity index (χ0n) is 7.71. The van der Waals surface area contributed by atoms with Gasteiger partial charge in [-0.3, -0.25) is 9.59 Å². The van der Waals surface area contributed by atoms with Crippen LogP contribution in [-0.2, 0) is 9.59 Å². The molecule has 0 N–H and O–H groups in total. The van der Waals surface area contributed by atoms with E-state index in [0.29, 0.717) is 5.71 Å².